The molecule has 0 radical (unpaired) electrons. The van der Waals surface area contributed by atoms with Crippen molar-refractivity contribution in [2.75, 3.05) is 6.61 Å². The third-order valence-electron chi connectivity index (χ3n) is 5.84. The summed E-state index contributed by atoms with van der Waals surface area (Å²) in [6.45, 7) is 2.79. The Bertz CT molecular complexity index is 1260. The maximum atomic E-state index is 12.3. The Kier molecular flexibility index (Phi) is 6.55. The number of benzene rings is 3. The number of rotatable bonds is 10. The fourth-order valence-corrected chi connectivity index (χ4v) is 4.38. The Hall–Kier alpha value is -3.60. The lowest BCUT2D eigenvalue weighted by Crippen LogP contribution is -2.11. The minimum Gasteiger partial charge on any atom is -0.485 e. The van der Waals surface area contributed by atoms with Gasteiger partial charge in [0.1, 0.15) is 12.4 Å². The van der Waals surface area contributed by atoms with Crippen molar-refractivity contribution in [3.63, 3.8) is 0 Å². The molecule has 3 aromatic carbocycles. The van der Waals surface area contributed by atoms with Crippen molar-refractivity contribution in [3.8, 4) is 5.75 Å². The number of primary amides is 1. The molecule has 5 nitrogen and oxygen atoms in total. The molecule has 0 spiro atoms. The SMILES string of the molecule is CCCCCc1cc(OCC=O)c2c3c(C(N)=O)cccc3n(Cc3ccccc3)c2c1. The maximum Gasteiger partial charge on any atom is 0.249 e. The molecule has 1 aromatic heterocycles. The topological polar surface area (TPSA) is 74.3 Å². The Morgan fingerprint density at radius 3 is 2.50 bits per heavy atom. The van der Waals surface area contributed by atoms with Gasteiger partial charge in [0.25, 0.3) is 0 Å². The van der Waals surface area contributed by atoms with Gasteiger partial charge < -0.3 is 15.0 Å². The highest BCUT2D eigenvalue weighted by Gasteiger charge is 2.21. The molecule has 0 aliphatic carbocycles. The van der Waals surface area contributed by atoms with E-state index < -0.39 is 5.91 Å². The number of unbranched alkanes of at least 4 members (excludes halogenated alkanes) is 2. The van der Waals surface area contributed by atoms with Crippen LogP contribution in [0.4, 0.5) is 0 Å². The number of ether oxygens (including phenoxy) is 1. The largest absolute Gasteiger partial charge is 0.485 e. The van der Waals surface area contributed by atoms with Gasteiger partial charge >= 0.3 is 0 Å². The quantitative estimate of drug-likeness (QED) is 0.277. The standard InChI is InChI=1S/C27H28N2O3/c1-2-3-5-11-20-16-23-26(24(17-20)32-15-14-30)25-21(27(28)31)12-8-13-22(25)29(23)18-19-9-6-4-7-10-19/h4,6-10,12-14,16-17H,2-3,5,11,15,18H2,1H3,(H2,28,31). The minimum absolute atomic E-state index is 0.0440. The van der Waals surface area contributed by atoms with E-state index in [4.69, 9.17) is 10.5 Å². The Morgan fingerprint density at radius 2 is 1.78 bits per heavy atom. The van der Waals surface area contributed by atoms with Crippen molar-refractivity contribution in [1.29, 1.82) is 0 Å². The van der Waals surface area contributed by atoms with Gasteiger partial charge in [-0.3, -0.25) is 9.59 Å². The molecule has 0 aliphatic rings. The van der Waals surface area contributed by atoms with Crippen LogP contribution in [-0.2, 0) is 17.8 Å². The smallest absolute Gasteiger partial charge is 0.249 e. The number of aryl methyl sites for hydroxylation is 1. The molecule has 164 valence electrons. The van der Waals surface area contributed by atoms with E-state index in [9.17, 15) is 9.59 Å². The number of aromatic nitrogens is 1. The van der Waals surface area contributed by atoms with Crippen LogP contribution in [0.1, 0.15) is 47.7 Å². The lowest BCUT2D eigenvalue weighted by Gasteiger charge is -2.11. The van der Waals surface area contributed by atoms with Gasteiger partial charge in [0.15, 0.2) is 6.29 Å². The fraction of sp³-hybridized carbons (Fsp3) is 0.259. The van der Waals surface area contributed by atoms with Gasteiger partial charge in [-0.1, -0.05) is 56.2 Å². The first-order valence-electron chi connectivity index (χ1n) is 11.1. The van der Waals surface area contributed by atoms with Crippen LogP contribution < -0.4 is 10.5 Å². The third kappa shape index (κ3) is 4.24. The van der Waals surface area contributed by atoms with Gasteiger partial charge in [-0.15, -0.1) is 0 Å². The highest BCUT2D eigenvalue weighted by Crippen LogP contribution is 2.39. The first-order chi connectivity index (χ1) is 15.6. The van der Waals surface area contributed by atoms with Crippen LogP contribution >= 0.6 is 0 Å². The van der Waals surface area contributed by atoms with E-state index in [0.29, 0.717) is 17.9 Å². The normalized spacial score (nSPS) is 11.2. The number of carbonyl (C=O) groups excluding carboxylic acids is 2. The molecule has 1 heterocycles. The second kappa shape index (κ2) is 9.69. The number of hydrogen-bond donors (Lipinski definition) is 1. The summed E-state index contributed by atoms with van der Waals surface area (Å²) >= 11 is 0. The molecular weight excluding hydrogens is 400 g/mol. The van der Waals surface area contributed by atoms with Crippen LogP contribution in [0.5, 0.6) is 5.75 Å². The summed E-state index contributed by atoms with van der Waals surface area (Å²) in [5, 5.41) is 1.60. The number of fused-ring (bicyclic) bond motifs is 3. The van der Waals surface area contributed by atoms with E-state index in [1.807, 2.05) is 36.4 Å². The third-order valence-corrected chi connectivity index (χ3v) is 5.84. The first-order valence-corrected chi connectivity index (χ1v) is 11.1. The van der Waals surface area contributed by atoms with Crippen LogP contribution in [0.15, 0.2) is 60.7 Å². The molecule has 0 unspecified atom stereocenters. The van der Waals surface area contributed by atoms with Gasteiger partial charge in [-0.25, -0.2) is 0 Å². The van der Waals surface area contributed by atoms with Crippen LogP contribution in [0.25, 0.3) is 21.8 Å². The van der Waals surface area contributed by atoms with Crippen LogP contribution in [0, 0.1) is 0 Å². The van der Waals surface area contributed by atoms with Crippen molar-refractivity contribution in [2.24, 2.45) is 5.73 Å². The number of nitrogens with zero attached hydrogens (tertiary/aromatic N) is 1. The number of nitrogens with two attached hydrogens (primary N) is 1. The predicted molar refractivity (Wildman–Crippen MR) is 128 cm³/mol. The minimum atomic E-state index is -0.484. The van der Waals surface area contributed by atoms with Gasteiger partial charge in [0.2, 0.25) is 5.91 Å². The molecule has 0 fully saturated rings. The van der Waals surface area contributed by atoms with E-state index in [-0.39, 0.29) is 6.61 Å². The summed E-state index contributed by atoms with van der Waals surface area (Å²) in [4.78, 5) is 23.4. The summed E-state index contributed by atoms with van der Waals surface area (Å²) in [5.41, 5.74) is 10.4. The van der Waals surface area contributed by atoms with Crippen LogP contribution in [0.2, 0.25) is 0 Å². The zero-order chi connectivity index (χ0) is 22.5. The summed E-state index contributed by atoms with van der Waals surface area (Å²) in [6, 6.07) is 20.0. The highest BCUT2D eigenvalue weighted by atomic mass is 16.5. The van der Waals surface area contributed by atoms with E-state index in [1.54, 1.807) is 6.07 Å². The average molecular weight is 429 g/mol. The molecule has 5 heteroatoms. The number of carbonyl (C=O) groups is 2. The molecule has 0 bridgehead atoms. The number of amides is 1. The molecule has 0 saturated carbocycles. The molecule has 0 atom stereocenters. The summed E-state index contributed by atoms with van der Waals surface area (Å²) in [7, 11) is 0. The van der Waals surface area contributed by atoms with Gasteiger partial charge in [0, 0.05) is 17.5 Å². The number of hydrogen-bond acceptors (Lipinski definition) is 3. The maximum absolute atomic E-state index is 12.3. The summed E-state index contributed by atoms with van der Waals surface area (Å²) < 4.78 is 8.10. The lowest BCUT2D eigenvalue weighted by molar-refractivity contribution is -0.109. The fourth-order valence-electron chi connectivity index (χ4n) is 4.38. The molecule has 0 aliphatic heterocycles. The number of aldehydes is 1. The Labute approximate surface area is 187 Å². The Balaban J connectivity index is 2.01. The molecule has 0 saturated heterocycles. The van der Waals surface area contributed by atoms with Gasteiger partial charge in [0.05, 0.1) is 16.4 Å². The second-order valence-electron chi connectivity index (χ2n) is 8.06. The van der Waals surface area contributed by atoms with Gasteiger partial charge in [-0.05, 0) is 48.2 Å². The van der Waals surface area contributed by atoms with E-state index in [2.05, 4.69) is 29.7 Å². The van der Waals surface area contributed by atoms with Crippen molar-refractivity contribution in [3.05, 3.63) is 77.4 Å². The van der Waals surface area contributed by atoms with Crippen LogP contribution in [0.3, 0.4) is 0 Å². The van der Waals surface area contributed by atoms with Gasteiger partial charge in [-0.2, -0.15) is 0 Å². The first kappa shape index (κ1) is 21.6. The van der Waals surface area contributed by atoms with Crippen molar-refractivity contribution < 1.29 is 14.3 Å². The van der Waals surface area contributed by atoms with E-state index in [0.717, 1.165) is 64.9 Å². The monoisotopic (exact) mass is 428 g/mol. The summed E-state index contributed by atoms with van der Waals surface area (Å²) in [5.74, 6) is 0.134. The molecule has 2 N–H and O–H groups in total. The molecule has 4 aromatic rings. The van der Waals surface area contributed by atoms with Crippen molar-refractivity contribution in [1.82, 2.24) is 4.57 Å². The lowest BCUT2D eigenvalue weighted by atomic mass is 10.0. The van der Waals surface area contributed by atoms with E-state index in [1.165, 1.54) is 0 Å². The molecule has 32 heavy (non-hydrogen) atoms. The molecular formula is C27H28N2O3. The van der Waals surface area contributed by atoms with Crippen molar-refractivity contribution >= 4 is 34.0 Å². The zero-order valence-electron chi connectivity index (χ0n) is 18.3. The van der Waals surface area contributed by atoms with Crippen molar-refractivity contribution in [2.45, 2.75) is 39.2 Å². The van der Waals surface area contributed by atoms with Crippen LogP contribution in [-0.4, -0.2) is 23.4 Å². The zero-order valence-corrected chi connectivity index (χ0v) is 18.3. The second-order valence-corrected chi connectivity index (χ2v) is 8.06. The summed E-state index contributed by atoms with van der Waals surface area (Å²) in [6.07, 6.45) is 5.06. The predicted octanol–water partition coefficient (Wildman–Crippen LogP) is 5.25. The molecule has 1 amide bonds. The highest BCUT2D eigenvalue weighted by molar-refractivity contribution is 6.19. The average Bonchev–Trinajstić information content (AvgIpc) is 3.12. The Morgan fingerprint density at radius 1 is 0.969 bits per heavy atom. The van der Waals surface area contributed by atoms with E-state index >= 15 is 0 Å². The molecule has 4 rings (SSSR count).